The second kappa shape index (κ2) is 6.62. The third-order valence-corrected chi connectivity index (χ3v) is 4.76. The highest BCUT2D eigenvalue weighted by atomic mass is 35.5. The Hall–Kier alpha value is -1.34. The Kier molecular flexibility index (Phi) is 5.05. The van der Waals surface area contributed by atoms with E-state index in [1.807, 2.05) is 31.2 Å². The van der Waals surface area contributed by atoms with Gasteiger partial charge in [0.2, 0.25) is 5.09 Å². The molecule has 0 amide bonds. The average molecular weight is 329 g/mol. The van der Waals surface area contributed by atoms with E-state index in [1.165, 1.54) is 13.1 Å². The number of furan rings is 1. The monoisotopic (exact) mass is 328 g/mol. The topological polar surface area (TPSA) is 71.3 Å². The number of nitrogens with one attached hydrogen (secondary N) is 2. The summed E-state index contributed by atoms with van der Waals surface area (Å²) < 4.78 is 30.7. The van der Waals surface area contributed by atoms with Crippen LogP contribution < -0.4 is 10.0 Å². The molecule has 0 aliphatic rings. The van der Waals surface area contributed by atoms with Gasteiger partial charge in [0.1, 0.15) is 5.76 Å². The highest BCUT2D eigenvalue weighted by molar-refractivity contribution is 7.89. The minimum atomic E-state index is -3.54. The van der Waals surface area contributed by atoms with Crippen LogP contribution in [0.3, 0.4) is 0 Å². The molecule has 0 saturated carbocycles. The van der Waals surface area contributed by atoms with Crippen LogP contribution in [-0.4, -0.2) is 15.5 Å². The Morgan fingerprint density at radius 3 is 2.62 bits per heavy atom. The molecule has 2 N–H and O–H groups in total. The Labute approximate surface area is 129 Å². The molecule has 2 aromatic rings. The lowest BCUT2D eigenvalue weighted by molar-refractivity contribution is 0.392. The maximum absolute atomic E-state index is 11.6. The van der Waals surface area contributed by atoms with Gasteiger partial charge in [0, 0.05) is 11.1 Å². The second-order valence-electron chi connectivity index (χ2n) is 4.55. The van der Waals surface area contributed by atoms with Crippen LogP contribution in [0.25, 0.3) is 0 Å². The van der Waals surface area contributed by atoms with Gasteiger partial charge in [-0.2, -0.15) is 0 Å². The summed E-state index contributed by atoms with van der Waals surface area (Å²) >= 11 is 6.13. The van der Waals surface area contributed by atoms with Crippen molar-refractivity contribution in [2.24, 2.45) is 0 Å². The van der Waals surface area contributed by atoms with Crippen LogP contribution in [-0.2, 0) is 16.6 Å². The maximum Gasteiger partial charge on any atom is 0.273 e. The molecular weight excluding hydrogens is 312 g/mol. The minimum Gasteiger partial charge on any atom is -0.447 e. The molecule has 1 aromatic heterocycles. The predicted molar refractivity (Wildman–Crippen MR) is 81.7 cm³/mol. The fourth-order valence-corrected chi connectivity index (χ4v) is 2.85. The highest BCUT2D eigenvalue weighted by Gasteiger charge is 2.16. The van der Waals surface area contributed by atoms with Crippen LogP contribution in [0.15, 0.2) is 45.9 Å². The molecule has 0 spiro atoms. The van der Waals surface area contributed by atoms with Gasteiger partial charge in [-0.05, 0) is 37.7 Å². The van der Waals surface area contributed by atoms with Crippen molar-refractivity contribution < 1.29 is 12.8 Å². The molecule has 0 bridgehead atoms. The van der Waals surface area contributed by atoms with Gasteiger partial charge in [0.15, 0.2) is 0 Å². The van der Waals surface area contributed by atoms with Crippen molar-refractivity contribution in [3.8, 4) is 0 Å². The first-order chi connectivity index (χ1) is 9.94. The predicted octanol–water partition coefficient (Wildman–Crippen LogP) is 2.69. The number of halogens is 1. The summed E-state index contributed by atoms with van der Waals surface area (Å²) in [7, 11) is -2.20. The SMILES string of the molecule is CNS(=O)(=O)c1ccc(CN[C@H](C)c2ccccc2Cl)o1. The molecule has 0 aliphatic carbocycles. The molecule has 0 aliphatic heterocycles. The van der Waals surface area contributed by atoms with E-state index >= 15 is 0 Å². The zero-order valence-corrected chi connectivity index (χ0v) is 13.3. The molecule has 0 saturated heterocycles. The van der Waals surface area contributed by atoms with Crippen LogP contribution in [0.1, 0.15) is 24.3 Å². The molecular formula is C14H17ClN2O3S. The number of hydrogen-bond donors (Lipinski definition) is 2. The fraction of sp³-hybridized carbons (Fsp3) is 0.286. The van der Waals surface area contributed by atoms with E-state index in [0.717, 1.165) is 5.56 Å². The van der Waals surface area contributed by atoms with Gasteiger partial charge in [0.25, 0.3) is 10.0 Å². The summed E-state index contributed by atoms with van der Waals surface area (Å²) in [4.78, 5) is 0. The molecule has 0 fully saturated rings. The Morgan fingerprint density at radius 2 is 1.95 bits per heavy atom. The van der Waals surface area contributed by atoms with E-state index in [-0.39, 0.29) is 11.1 Å². The highest BCUT2D eigenvalue weighted by Crippen LogP contribution is 2.22. The summed E-state index contributed by atoms with van der Waals surface area (Å²) in [6.45, 7) is 2.39. The van der Waals surface area contributed by atoms with E-state index in [2.05, 4.69) is 10.0 Å². The van der Waals surface area contributed by atoms with Crippen molar-refractivity contribution in [3.05, 3.63) is 52.7 Å². The smallest absolute Gasteiger partial charge is 0.273 e. The lowest BCUT2D eigenvalue weighted by Gasteiger charge is -2.14. The molecule has 1 heterocycles. The largest absolute Gasteiger partial charge is 0.447 e. The molecule has 0 unspecified atom stereocenters. The molecule has 2 rings (SSSR count). The van der Waals surface area contributed by atoms with E-state index in [9.17, 15) is 8.42 Å². The van der Waals surface area contributed by atoms with Crippen LogP contribution in [0.2, 0.25) is 5.02 Å². The molecule has 0 radical (unpaired) electrons. The van der Waals surface area contributed by atoms with Crippen molar-refractivity contribution in [3.63, 3.8) is 0 Å². The first kappa shape index (κ1) is 16.0. The van der Waals surface area contributed by atoms with Crippen LogP contribution in [0.5, 0.6) is 0 Å². The van der Waals surface area contributed by atoms with E-state index < -0.39 is 10.0 Å². The average Bonchev–Trinajstić information content (AvgIpc) is 2.95. The molecule has 114 valence electrons. The standard InChI is InChI=1S/C14H17ClN2O3S/c1-10(12-5-3-4-6-13(12)15)17-9-11-7-8-14(20-11)21(18,19)16-2/h3-8,10,16-17H,9H2,1-2H3/t10-/m1/s1. The van der Waals surface area contributed by atoms with Crippen molar-refractivity contribution in [1.29, 1.82) is 0 Å². The lowest BCUT2D eigenvalue weighted by atomic mass is 10.1. The first-order valence-electron chi connectivity index (χ1n) is 6.44. The number of rotatable bonds is 6. The molecule has 21 heavy (non-hydrogen) atoms. The van der Waals surface area contributed by atoms with Crippen LogP contribution in [0.4, 0.5) is 0 Å². The second-order valence-corrected chi connectivity index (χ2v) is 6.78. The summed E-state index contributed by atoms with van der Waals surface area (Å²) in [6, 6.07) is 10.7. The zero-order valence-electron chi connectivity index (χ0n) is 11.8. The Morgan fingerprint density at radius 1 is 1.24 bits per heavy atom. The Balaban J connectivity index is 2.03. The van der Waals surface area contributed by atoms with Crippen molar-refractivity contribution in [2.45, 2.75) is 24.6 Å². The summed E-state index contributed by atoms with van der Waals surface area (Å²) in [5.41, 5.74) is 0.980. The van der Waals surface area contributed by atoms with Crippen LogP contribution in [0, 0.1) is 0 Å². The fourth-order valence-electron chi connectivity index (χ4n) is 1.89. The molecule has 7 heteroatoms. The normalized spacial score (nSPS) is 13.3. The molecule has 1 atom stereocenters. The minimum absolute atomic E-state index is 0.0214. The van der Waals surface area contributed by atoms with Gasteiger partial charge in [-0.3, -0.25) is 0 Å². The van der Waals surface area contributed by atoms with Gasteiger partial charge in [-0.1, -0.05) is 29.8 Å². The van der Waals surface area contributed by atoms with Gasteiger partial charge in [0.05, 0.1) is 6.54 Å². The molecule has 1 aromatic carbocycles. The number of hydrogen-bond acceptors (Lipinski definition) is 4. The maximum atomic E-state index is 11.6. The number of benzene rings is 1. The van der Waals surface area contributed by atoms with E-state index in [1.54, 1.807) is 6.07 Å². The summed E-state index contributed by atoms with van der Waals surface area (Å²) in [5, 5.41) is 3.85. The third kappa shape index (κ3) is 3.85. The first-order valence-corrected chi connectivity index (χ1v) is 8.30. The van der Waals surface area contributed by atoms with Gasteiger partial charge < -0.3 is 9.73 Å². The zero-order chi connectivity index (χ0) is 15.5. The van der Waals surface area contributed by atoms with Crippen molar-refractivity contribution >= 4 is 21.6 Å². The molecule has 5 nitrogen and oxygen atoms in total. The summed E-state index contributed by atoms with van der Waals surface area (Å²) in [5.74, 6) is 0.544. The van der Waals surface area contributed by atoms with E-state index in [4.69, 9.17) is 16.0 Å². The third-order valence-electron chi connectivity index (χ3n) is 3.12. The van der Waals surface area contributed by atoms with Crippen LogP contribution >= 0.6 is 11.6 Å². The van der Waals surface area contributed by atoms with Crippen molar-refractivity contribution in [2.75, 3.05) is 7.05 Å². The number of sulfonamides is 1. The summed E-state index contributed by atoms with van der Waals surface area (Å²) in [6.07, 6.45) is 0. The van der Waals surface area contributed by atoms with Crippen molar-refractivity contribution in [1.82, 2.24) is 10.0 Å². The van der Waals surface area contributed by atoms with Gasteiger partial charge in [-0.25, -0.2) is 13.1 Å². The Bertz CT molecular complexity index is 713. The quantitative estimate of drug-likeness (QED) is 0.855. The van der Waals surface area contributed by atoms with Gasteiger partial charge in [-0.15, -0.1) is 0 Å². The van der Waals surface area contributed by atoms with Gasteiger partial charge >= 0.3 is 0 Å². The van der Waals surface area contributed by atoms with E-state index in [0.29, 0.717) is 17.3 Å². The lowest BCUT2D eigenvalue weighted by Crippen LogP contribution is -2.19.